The van der Waals surface area contributed by atoms with E-state index in [4.69, 9.17) is 0 Å². The first kappa shape index (κ1) is 13.7. The van der Waals surface area contributed by atoms with Crippen molar-refractivity contribution in [1.29, 1.82) is 0 Å². The molecule has 0 radical (unpaired) electrons. The first-order chi connectivity index (χ1) is 8.50. The minimum absolute atomic E-state index is 0.309. The van der Waals surface area contributed by atoms with Crippen LogP contribution in [0.2, 0.25) is 0 Å². The number of hydrogen-bond acceptors (Lipinski definition) is 3. The number of halogens is 1. The molecule has 0 spiro atoms. The molecule has 0 saturated carbocycles. The van der Waals surface area contributed by atoms with Crippen LogP contribution in [0.1, 0.15) is 5.56 Å². The Morgan fingerprint density at radius 1 is 1.22 bits per heavy atom. The largest absolute Gasteiger partial charge is 0.243 e. The molecule has 2 aromatic rings. The smallest absolute Gasteiger partial charge is 0.207 e. The Kier molecular flexibility index (Phi) is 4.21. The Morgan fingerprint density at radius 2 is 1.89 bits per heavy atom. The van der Waals surface area contributed by atoms with E-state index in [9.17, 15) is 8.42 Å². The fourth-order valence-electron chi connectivity index (χ4n) is 1.51. The van der Waals surface area contributed by atoms with E-state index in [2.05, 4.69) is 15.9 Å². The maximum absolute atomic E-state index is 12.3. The predicted octanol–water partition coefficient (Wildman–Crippen LogP) is 3.33. The highest BCUT2D eigenvalue weighted by molar-refractivity contribution is 9.10. The highest BCUT2D eigenvalue weighted by Gasteiger charge is 2.20. The maximum Gasteiger partial charge on any atom is 0.243 e. The molecule has 0 fully saturated rings. The van der Waals surface area contributed by atoms with E-state index in [0.717, 1.165) is 10.0 Å². The van der Waals surface area contributed by atoms with E-state index in [0.29, 0.717) is 11.4 Å². The Balaban J connectivity index is 2.22. The van der Waals surface area contributed by atoms with Crippen LogP contribution in [0.4, 0.5) is 0 Å². The molecule has 0 unspecified atom stereocenters. The van der Waals surface area contributed by atoms with Gasteiger partial charge >= 0.3 is 0 Å². The Hall–Kier alpha value is -0.690. The van der Waals surface area contributed by atoms with Gasteiger partial charge in [-0.1, -0.05) is 15.9 Å². The minimum Gasteiger partial charge on any atom is -0.207 e. The molecule has 1 aromatic carbocycles. The van der Waals surface area contributed by atoms with Gasteiger partial charge in [-0.15, -0.1) is 0 Å². The SMILES string of the molecule is CN(Cc1ccsc1)S(=O)(=O)c1ccc(Br)cc1. The molecule has 0 atom stereocenters. The Labute approximate surface area is 119 Å². The zero-order valence-electron chi connectivity index (χ0n) is 9.71. The summed E-state index contributed by atoms with van der Waals surface area (Å²) in [5.41, 5.74) is 1.00. The van der Waals surface area contributed by atoms with Gasteiger partial charge in [-0.3, -0.25) is 0 Å². The third kappa shape index (κ3) is 3.00. The first-order valence-corrected chi connectivity index (χ1v) is 8.41. The van der Waals surface area contributed by atoms with Gasteiger partial charge in [-0.05, 0) is 46.7 Å². The van der Waals surface area contributed by atoms with Crippen LogP contribution in [0.3, 0.4) is 0 Å². The standard InChI is InChI=1S/C12H12BrNO2S2/c1-14(8-10-6-7-17-9-10)18(15,16)12-4-2-11(13)3-5-12/h2-7,9H,8H2,1H3. The van der Waals surface area contributed by atoms with Crippen LogP contribution in [-0.2, 0) is 16.6 Å². The van der Waals surface area contributed by atoms with Gasteiger partial charge < -0.3 is 0 Å². The second kappa shape index (κ2) is 5.52. The van der Waals surface area contributed by atoms with Gasteiger partial charge in [-0.2, -0.15) is 15.6 Å². The van der Waals surface area contributed by atoms with Crippen molar-refractivity contribution in [2.45, 2.75) is 11.4 Å². The molecular weight excluding hydrogens is 334 g/mol. The lowest BCUT2D eigenvalue weighted by atomic mass is 10.3. The lowest BCUT2D eigenvalue weighted by molar-refractivity contribution is 0.467. The van der Waals surface area contributed by atoms with Gasteiger partial charge in [0.1, 0.15) is 0 Å². The van der Waals surface area contributed by atoms with Crippen LogP contribution < -0.4 is 0 Å². The molecule has 18 heavy (non-hydrogen) atoms. The van der Waals surface area contributed by atoms with Crippen LogP contribution >= 0.6 is 27.3 Å². The second-order valence-corrected chi connectivity index (χ2v) is 7.59. The van der Waals surface area contributed by atoms with Crippen molar-refractivity contribution in [1.82, 2.24) is 4.31 Å². The highest BCUT2D eigenvalue weighted by Crippen LogP contribution is 2.19. The molecule has 1 aromatic heterocycles. The van der Waals surface area contributed by atoms with Crippen molar-refractivity contribution < 1.29 is 8.42 Å². The van der Waals surface area contributed by atoms with Crippen LogP contribution in [-0.4, -0.2) is 19.8 Å². The average molecular weight is 346 g/mol. The second-order valence-electron chi connectivity index (χ2n) is 3.85. The summed E-state index contributed by atoms with van der Waals surface area (Å²) in [5.74, 6) is 0. The van der Waals surface area contributed by atoms with Crippen LogP contribution in [0.5, 0.6) is 0 Å². The van der Waals surface area contributed by atoms with Crippen molar-refractivity contribution in [3.05, 3.63) is 51.1 Å². The van der Waals surface area contributed by atoms with Crippen LogP contribution in [0, 0.1) is 0 Å². The highest BCUT2D eigenvalue weighted by atomic mass is 79.9. The summed E-state index contributed by atoms with van der Waals surface area (Å²) >= 11 is 4.85. The zero-order chi connectivity index (χ0) is 13.2. The molecule has 2 rings (SSSR count). The number of sulfonamides is 1. The minimum atomic E-state index is -3.41. The van der Waals surface area contributed by atoms with Gasteiger partial charge in [0.05, 0.1) is 4.90 Å². The normalized spacial score (nSPS) is 11.9. The third-order valence-electron chi connectivity index (χ3n) is 2.51. The van der Waals surface area contributed by atoms with E-state index < -0.39 is 10.0 Å². The van der Waals surface area contributed by atoms with E-state index in [-0.39, 0.29) is 0 Å². The van der Waals surface area contributed by atoms with Gasteiger partial charge in [0.15, 0.2) is 0 Å². The Bertz CT molecular complexity index is 606. The third-order valence-corrected chi connectivity index (χ3v) is 5.59. The Morgan fingerprint density at radius 3 is 2.44 bits per heavy atom. The molecule has 0 saturated heterocycles. The number of rotatable bonds is 4. The number of nitrogens with zero attached hydrogens (tertiary/aromatic N) is 1. The van der Waals surface area contributed by atoms with Crippen molar-refractivity contribution in [2.75, 3.05) is 7.05 Å². The van der Waals surface area contributed by atoms with Gasteiger partial charge in [0, 0.05) is 18.1 Å². The molecule has 0 N–H and O–H groups in total. The van der Waals surface area contributed by atoms with Crippen molar-refractivity contribution in [2.24, 2.45) is 0 Å². The monoisotopic (exact) mass is 345 g/mol. The number of thiophene rings is 1. The van der Waals surface area contributed by atoms with Crippen molar-refractivity contribution in [3.63, 3.8) is 0 Å². The van der Waals surface area contributed by atoms with Gasteiger partial charge in [0.2, 0.25) is 10.0 Å². The van der Waals surface area contributed by atoms with Crippen molar-refractivity contribution in [3.8, 4) is 0 Å². The summed E-state index contributed by atoms with van der Waals surface area (Å²) < 4.78 is 26.8. The summed E-state index contributed by atoms with van der Waals surface area (Å²) in [7, 11) is -1.82. The summed E-state index contributed by atoms with van der Waals surface area (Å²) in [6.45, 7) is 0.391. The lowest BCUT2D eigenvalue weighted by Gasteiger charge is -2.16. The summed E-state index contributed by atoms with van der Waals surface area (Å²) in [4.78, 5) is 0.309. The van der Waals surface area contributed by atoms with Crippen LogP contribution in [0.25, 0.3) is 0 Å². The van der Waals surface area contributed by atoms with E-state index in [1.165, 1.54) is 4.31 Å². The molecule has 1 heterocycles. The molecule has 0 aliphatic heterocycles. The molecule has 96 valence electrons. The first-order valence-electron chi connectivity index (χ1n) is 5.23. The topological polar surface area (TPSA) is 37.4 Å². The number of hydrogen-bond donors (Lipinski definition) is 0. The van der Waals surface area contributed by atoms with Gasteiger partial charge in [0.25, 0.3) is 0 Å². The van der Waals surface area contributed by atoms with E-state index in [1.807, 2.05) is 16.8 Å². The average Bonchev–Trinajstić information content (AvgIpc) is 2.82. The van der Waals surface area contributed by atoms with Gasteiger partial charge in [-0.25, -0.2) is 8.42 Å². The zero-order valence-corrected chi connectivity index (χ0v) is 12.9. The molecule has 0 bridgehead atoms. The van der Waals surface area contributed by atoms with E-state index >= 15 is 0 Å². The van der Waals surface area contributed by atoms with E-state index in [1.54, 1.807) is 42.6 Å². The fraction of sp³-hybridized carbons (Fsp3) is 0.167. The molecule has 0 aliphatic rings. The molecular formula is C12H12BrNO2S2. The van der Waals surface area contributed by atoms with Crippen LogP contribution in [0.15, 0.2) is 50.5 Å². The fourth-order valence-corrected chi connectivity index (χ4v) is 3.59. The summed E-state index contributed by atoms with van der Waals surface area (Å²) in [6.07, 6.45) is 0. The molecule has 0 amide bonds. The quantitative estimate of drug-likeness (QED) is 0.852. The summed E-state index contributed by atoms with van der Waals surface area (Å²) in [6, 6.07) is 8.59. The molecule has 0 aliphatic carbocycles. The maximum atomic E-state index is 12.3. The summed E-state index contributed by atoms with van der Waals surface area (Å²) in [5, 5.41) is 3.89. The molecule has 6 heteroatoms. The lowest BCUT2D eigenvalue weighted by Crippen LogP contribution is -2.26. The molecule has 3 nitrogen and oxygen atoms in total. The van der Waals surface area contributed by atoms with Crippen molar-refractivity contribution >= 4 is 37.3 Å². The predicted molar refractivity (Wildman–Crippen MR) is 77.1 cm³/mol. The number of benzene rings is 1.